The summed E-state index contributed by atoms with van der Waals surface area (Å²) in [6.07, 6.45) is 7.71. The molecule has 0 spiro atoms. The summed E-state index contributed by atoms with van der Waals surface area (Å²) >= 11 is 0. The molecule has 1 atom stereocenters. The summed E-state index contributed by atoms with van der Waals surface area (Å²) in [5, 5.41) is 0. The van der Waals surface area contributed by atoms with Crippen molar-refractivity contribution in [2.45, 2.75) is 57.4 Å². The minimum absolute atomic E-state index is 0.000798. The summed E-state index contributed by atoms with van der Waals surface area (Å²) in [5.74, 6) is 1.31. The highest BCUT2D eigenvalue weighted by Gasteiger charge is 2.32. The number of sulfonamides is 1. The number of hydrogen-bond donors (Lipinski definition) is 1. The molecule has 0 radical (unpaired) electrons. The molecular weight excluding hydrogens is 380 g/mol. The van der Waals surface area contributed by atoms with Gasteiger partial charge in [0.2, 0.25) is 15.9 Å². The van der Waals surface area contributed by atoms with E-state index in [1.807, 2.05) is 4.90 Å². The first-order valence-corrected chi connectivity index (χ1v) is 12.0. The first-order chi connectivity index (χ1) is 13.3. The molecule has 0 unspecified atom stereocenters. The Kier molecular flexibility index (Phi) is 5.30. The second kappa shape index (κ2) is 7.59. The van der Waals surface area contributed by atoms with Crippen molar-refractivity contribution in [1.29, 1.82) is 0 Å². The lowest BCUT2D eigenvalue weighted by Gasteiger charge is -2.26. The molecule has 1 N–H and O–H groups in total. The number of carbonyl (C=O) groups is 1. The lowest BCUT2D eigenvalue weighted by atomic mass is 10.0. The normalized spacial score (nSPS) is 23.9. The summed E-state index contributed by atoms with van der Waals surface area (Å²) in [4.78, 5) is 34.5. The minimum Gasteiger partial charge on any atom is -0.342 e. The highest BCUT2D eigenvalue weighted by Crippen LogP contribution is 2.31. The van der Waals surface area contributed by atoms with Crippen LogP contribution in [-0.4, -0.2) is 59.4 Å². The van der Waals surface area contributed by atoms with Gasteiger partial charge in [0.05, 0.1) is 18.5 Å². The second-order valence-corrected chi connectivity index (χ2v) is 10.4. The van der Waals surface area contributed by atoms with Gasteiger partial charge in [0.15, 0.2) is 0 Å². The summed E-state index contributed by atoms with van der Waals surface area (Å²) in [6.45, 7) is 1.71. The van der Waals surface area contributed by atoms with Crippen molar-refractivity contribution in [3.63, 3.8) is 0 Å². The van der Waals surface area contributed by atoms with Gasteiger partial charge < -0.3 is 9.88 Å². The van der Waals surface area contributed by atoms with Crippen LogP contribution in [0, 0.1) is 5.92 Å². The highest BCUT2D eigenvalue weighted by molar-refractivity contribution is 7.88. The van der Waals surface area contributed by atoms with Crippen LogP contribution in [0.25, 0.3) is 0 Å². The van der Waals surface area contributed by atoms with E-state index in [1.54, 1.807) is 0 Å². The topological polar surface area (TPSA) is 103 Å². The molecule has 3 aliphatic rings. The number of carbonyl (C=O) groups excluding carboxylic acids is 1. The number of nitrogens with one attached hydrogen (secondary N) is 1. The van der Waals surface area contributed by atoms with E-state index in [-0.39, 0.29) is 23.9 Å². The van der Waals surface area contributed by atoms with E-state index in [1.165, 1.54) is 23.4 Å². The third kappa shape index (κ3) is 4.00. The molecule has 154 valence electrons. The molecule has 0 aromatic carbocycles. The van der Waals surface area contributed by atoms with Crippen molar-refractivity contribution in [2.24, 2.45) is 5.92 Å². The lowest BCUT2D eigenvalue weighted by Crippen LogP contribution is -2.39. The van der Waals surface area contributed by atoms with Crippen molar-refractivity contribution in [3.8, 4) is 0 Å². The van der Waals surface area contributed by atoms with Crippen LogP contribution in [0.4, 0.5) is 0 Å². The van der Waals surface area contributed by atoms with Gasteiger partial charge >= 0.3 is 0 Å². The first-order valence-electron chi connectivity index (χ1n) is 10.2. The quantitative estimate of drug-likeness (QED) is 0.800. The van der Waals surface area contributed by atoms with E-state index < -0.39 is 10.0 Å². The third-order valence-electron chi connectivity index (χ3n) is 6.39. The Morgan fingerprint density at radius 3 is 2.68 bits per heavy atom. The molecule has 4 rings (SSSR count). The molecule has 9 heteroatoms. The zero-order chi connectivity index (χ0) is 19.9. The molecule has 2 fully saturated rings. The second-order valence-electron chi connectivity index (χ2n) is 8.40. The van der Waals surface area contributed by atoms with Gasteiger partial charge in [0.25, 0.3) is 5.56 Å². The zero-order valence-electron chi connectivity index (χ0n) is 16.3. The smallest absolute Gasteiger partial charge is 0.254 e. The number of fused-ring (bicyclic) bond motifs is 1. The van der Waals surface area contributed by atoms with Gasteiger partial charge in [-0.05, 0) is 31.6 Å². The minimum atomic E-state index is -3.32. The molecule has 2 aliphatic heterocycles. The Labute approximate surface area is 165 Å². The number of rotatable bonds is 4. The van der Waals surface area contributed by atoms with E-state index in [0.717, 1.165) is 19.3 Å². The van der Waals surface area contributed by atoms with Crippen molar-refractivity contribution in [2.75, 3.05) is 25.9 Å². The number of amides is 1. The summed E-state index contributed by atoms with van der Waals surface area (Å²) in [5.41, 5.74) is 0.950. The molecule has 3 heterocycles. The van der Waals surface area contributed by atoms with Gasteiger partial charge in [-0.25, -0.2) is 13.4 Å². The fourth-order valence-corrected chi connectivity index (χ4v) is 5.49. The SMILES string of the molecule is CS(=O)(=O)N1CCc2c(nc([C@H]3CCN(C(=O)CC4CCCC4)C3)[nH]c2=O)C1. The van der Waals surface area contributed by atoms with E-state index >= 15 is 0 Å². The maximum atomic E-state index is 12.6. The van der Waals surface area contributed by atoms with Crippen LogP contribution < -0.4 is 5.56 Å². The summed E-state index contributed by atoms with van der Waals surface area (Å²) < 4.78 is 25.1. The largest absolute Gasteiger partial charge is 0.342 e. The van der Waals surface area contributed by atoms with E-state index in [9.17, 15) is 18.0 Å². The fourth-order valence-electron chi connectivity index (χ4n) is 4.71. The van der Waals surface area contributed by atoms with E-state index in [0.29, 0.717) is 55.5 Å². The number of nitrogens with zero attached hydrogens (tertiary/aromatic N) is 3. The molecule has 1 saturated heterocycles. The predicted molar refractivity (Wildman–Crippen MR) is 104 cm³/mol. The molecule has 0 bridgehead atoms. The van der Waals surface area contributed by atoms with Crippen LogP contribution in [0.3, 0.4) is 0 Å². The van der Waals surface area contributed by atoms with Crippen LogP contribution in [0.1, 0.15) is 61.5 Å². The average Bonchev–Trinajstić information content (AvgIpc) is 3.32. The number of hydrogen-bond acceptors (Lipinski definition) is 5. The van der Waals surface area contributed by atoms with Gasteiger partial charge in [-0.2, -0.15) is 4.31 Å². The first kappa shape index (κ1) is 19.6. The van der Waals surface area contributed by atoms with Gasteiger partial charge in [0.1, 0.15) is 5.82 Å². The van der Waals surface area contributed by atoms with Crippen molar-refractivity contribution >= 4 is 15.9 Å². The zero-order valence-corrected chi connectivity index (χ0v) is 17.1. The molecule has 1 saturated carbocycles. The number of aromatic nitrogens is 2. The van der Waals surface area contributed by atoms with Crippen LogP contribution in [0.15, 0.2) is 4.79 Å². The molecular formula is C19H28N4O4S. The molecule has 1 amide bonds. The van der Waals surface area contributed by atoms with Crippen molar-refractivity contribution in [3.05, 3.63) is 27.4 Å². The molecule has 28 heavy (non-hydrogen) atoms. The Morgan fingerprint density at radius 1 is 1.21 bits per heavy atom. The van der Waals surface area contributed by atoms with Crippen LogP contribution in [-0.2, 0) is 27.8 Å². The van der Waals surface area contributed by atoms with Gasteiger partial charge in [-0.3, -0.25) is 9.59 Å². The predicted octanol–water partition coefficient (Wildman–Crippen LogP) is 0.984. The summed E-state index contributed by atoms with van der Waals surface area (Å²) in [6, 6.07) is 0. The number of H-pyrrole nitrogens is 1. The Hall–Kier alpha value is -1.74. The number of aromatic amines is 1. The highest BCUT2D eigenvalue weighted by atomic mass is 32.2. The molecule has 1 aromatic heterocycles. The fraction of sp³-hybridized carbons (Fsp3) is 0.737. The van der Waals surface area contributed by atoms with Gasteiger partial charge in [0, 0.05) is 37.5 Å². The Bertz CT molecular complexity index is 920. The molecule has 1 aromatic rings. The van der Waals surface area contributed by atoms with E-state index in [4.69, 9.17) is 0 Å². The number of likely N-dealkylation sites (tertiary alicyclic amines) is 1. The van der Waals surface area contributed by atoms with Crippen molar-refractivity contribution in [1.82, 2.24) is 19.2 Å². The van der Waals surface area contributed by atoms with Crippen molar-refractivity contribution < 1.29 is 13.2 Å². The van der Waals surface area contributed by atoms with Gasteiger partial charge in [-0.15, -0.1) is 0 Å². The van der Waals surface area contributed by atoms with Crippen LogP contribution in [0.2, 0.25) is 0 Å². The third-order valence-corrected chi connectivity index (χ3v) is 7.64. The maximum absolute atomic E-state index is 12.6. The Balaban J connectivity index is 1.47. The summed E-state index contributed by atoms with van der Waals surface area (Å²) in [7, 11) is -3.32. The van der Waals surface area contributed by atoms with E-state index in [2.05, 4.69) is 9.97 Å². The molecule has 8 nitrogen and oxygen atoms in total. The Morgan fingerprint density at radius 2 is 1.96 bits per heavy atom. The van der Waals surface area contributed by atoms with Gasteiger partial charge in [-0.1, -0.05) is 12.8 Å². The lowest BCUT2D eigenvalue weighted by molar-refractivity contribution is -0.131. The monoisotopic (exact) mass is 408 g/mol. The molecule has 1 aliphatic carbocycles. The van der Waals surface area contributed by atoms with Crippen LogP contribution in [0.5, 0.6) is 0 Å². The van der Waals surface area contributed by atoms with Crippen LogP contribution >= 0.6 is 0 Å². The standard InChI is InChI=1S/C19H28N4O4S/c1-28(26,27)23-9-7-15-16(12-23)20-18(21-19(15)25)14-6-8-22(11-14)17(24)10-13-4-2-3-5-13/h13-14H,2-12H2,1H3,(H,20,21,25)/t14-/m0/s1. The maximum Gasteiger partial charge on any atom is 0.254 e. The average molecular weight is 409 g/mol.